The van der Waals surface area contributed by atoms with Crippen molar-refractivity contribution in [3.8, 4) is 0 Å². The highest BCUT2D eigenvalue weighted by atomic mass is 35.5. The number of halogens is 1. The maximum absolute atomic E-state index is 12.0. The third kappa shape index (κ3) is 4.51. The van der Waals surface area contributed by atoms with Crippen LogP contribution in [-0.2, 0) is 4.79 Å². The van der Waals surface area contributed by atoms with Crippen molar-refractivity contribution in [2.24, 2.45) is 0 Å². The van der Waals surface area contributed by atoms with E-state index in [-0.39, 0.29) is 5.91 Å². The number of rotatable bonds is 3. The number of hydrogen-bond donors (Lipinski definition) is 2. The van der Waals surface area contributed by atoms with E-state index >= 15 is 0 Å². The molecule has 4 heteroatoms. The van der Waals surface area contributed by atoms with Gasteiger partial charge in [0.1, 0.15) is 0 Å². The van der Waals surface area contributed by atoms with Gasteiger partial charge in [-0.1, -0.05) is 17.7 Å². The van der Waals surface area contributed by atoms with Crippen molar-refractivity contribution >= 4 is 23.2 Å². The minimum absolute atomic E-state index is 0.0804. The first kappa shape index (κ1) is 14.4. The third-order valence-corrected chi connectivity index (χ3v) is 4.08. The van der Waals surface area contributed by atoms with Gasteiger partial charge in [-0.25, -0.2) is 0 Å². The molecule has 0 aromatic heterocycles. The van der Waals surface area contributed by atoms with Gasteiger partial charge in [0, 0.05) is 10.7 Å². The first-order valence-corrected chi connectivity index (χ1v) is 7.42. The predicted octanol–water partition coefficient (Wildman–Crippen LogP) is 2.05. The van der Waals surface area contributed by atoms with Gasteiger partial charge in [-0.3, -0.25) is 4.79 Å². The summed E-state index contributed by atoms with van der Waals surface area (Å²) in [6.45, 7) is 4.74. The molecule has 0 radical (unpaired) electrons. The number of benzene rings is 1. The van der Waals surface area contributed by atoms with Gasteiger partial charge in [0.25, 0.3) is 5.91 Å². The minimum atomic E-state index is 0.0804. The van der Waals surface area contributed by atoms with Crippen molar-refractivity contribution in [1.82, 2.24) is 0 Å². The molecule has 1 aromatic carbocycles. The predicted molar refractivity (Wildman–Crippen MR) is 78.9 cm³/mol. The van der Waals surface area contributed by atoms with E-state index in [1.54, 1.807) is 0 Å². The maximum Gasteiger partial charge on any atom is 0.279 e. The lowest BCUT2D eigenvalue weighted by atomic mass is 10.2. The first-order chi connectivity index (χ1) is 9.15. The number of nitrogens with one attached hydrogen (secondary N) is 2. The Labute approximate surface area is 119 Å². The molecule has 1 heterocycles. The molecule has 1 aliphatic heterocycles. The van der Waals surface area contributed by atoms with Crippen molar-refractivity contribution in [1.29, 1.82) is 0 Å². The molecule has 0 saturated carbocycles. The molecule has 1 aliphatic rings. The standard InChI is InChI=1S/C15H21ClN2O/c1-12-6-7-13(10-14(12)16)17-15(19)11-18-8-4-2-3-5-9-18/h6-7,10H,2-5,8-9,11H2,1H3,(H,17,19)/p+1. The van der Waals surface area contributed by atoms with Crippen molar-refractivity contribution in [3.05, 3.63) is 28.8 Å². The van der Waals surface area contributed by atoms with Gasteiger partial charge in [-0.05, 0) is 50.3 Å². The van der Waals surface area contributed by atoms with Crippen LogP contribution in [0.15, 0.2) is 18.2 Å². The number of likely N-dealkylation sites (tertiary alicyclic amines) is 1. The Morgan fingerprint density at radius 1 is 1.26 bits per heavy atom. The Balaban J connectivity index is 1.87. The van der Waals surface area contributed by atoms with Gasteiger partial charge in [0.05, 0.1) is 13.1 Å². The van der Waals surface area contributed by atoms with Gasteiger partial charge in [0.15, 0.2) is 6.54 Å². The molecule has 0 atom stereocenters. The lowest BCUT2D eigenvalue weighted by Gasteiger charge is -2.16. The molecule has 19 heavy (non-hydrogen) atoms. The molecule has 0 spiro atoms. The van der Waals surface area contributed by atoms with Crippen LogP contribution in [0.2, 0.25) is 5.02 Å². The van der Waals surface area contributed by atoms with Gasteiger partial charge in [0.2, 0.25) is 0 Å². The fraction of sp³-hybridized carbons (Fsp3) is 0.533. The Hall–Kier alpha value is -1.06. The number of amides is 1. The molecule has 104 valence electrons. The highest BCUT2D eigenvalue weighted by Gasteiger charge is 2.16. The summed E-state index contributed by atoms with van der Waals surface area (Å²) in [5.74, 6) is 0.0804. The molecule has 1 aromatic rings. The van der Waals surface area contributed by atoms with Crippen LogP contribution >= 0.6 is 11.6 Å². The largest absolute Gasteiger partial charge is 0.327 e. The van der Waals surface area contributed by atoms with Crippen LogP contribution in [0.4, 0.5) is 5.69 Å². The molecule has 0 bridgehead atoms. The summed E-state index contributed by atoms with van der Waals surface area (Å²) in [6.07, 6.45) is 5.08. The second kappa shape index (κ2) is 6.92. The van der Waals surface area contributed by atoms with Gasteiger partial charge < -0.3 is 10.2 Å². The van der Waals surface area contributed by atoms with E-state index in [4.69, 9.17) is 11.6 Å². The second-order valence-electron chi connectivity index (χ2n) is 5.35. The molecule has 0 aliphatic carbocycles. The van der Waals surface area contributed by atoms with Crippen molar-refractivity contribution in [2.75, 3.05) is 25.0 Å². The van der Waals surface area contributed by atoms with E-state index in [0.717, 1.165) is 24.3 Å². The Morgan fingerprint density at radius 3 is 2.58 bits per heavy atom. The van der Waals surface area contributed by atoms with Crippen LogP contribution < -0.4 is 10.2 Å². The van der Waals surface area contributed by atoms with Crippen LogP contribution in [0.3, 0.4) is 0 Å². The van der Waals surface area contributed by atoms with Crippen molar-refractivity contribution in [2.45, 2.75) is 32.6 Å². The van der Waals surface area contributed by atoms with E-state index in [2.05, 4.69) is 5.32 Å². The molecular formula is C15H22ClN2O+. The van der Waals surface area contributed by atoms with Gasteiger partial charge in [-0.2, -0.15) is 0 Å². The zero-order valence-electron chi connectivity index (χ0n) is 11.5. The summed E-state index contributed by atoms with van der Waals surface area (Å²) in [6, 6.07) is 5.64. The summed E-state index contributed by atoms with van der Waals surface area (Å²) >= 11 is 6.05. The zero-order chi connectivity index (χ0) is 13.7. The summed E-state index contributed by atoms with van der Waals surface area (Å²) in [5.41, 5.74) is 1.81. The fourth-order valence-electron chi connectivity index (χ4n) is 2.51. The lowest BCUT2D eigenvalue weighted by Crippen LogP contribution is -3.12. The minimum Gasteiger partial charge on any atom is -0.327 e. The molecule has 1 saturated heterocycles. The summed E-state index contributed by atoms with van der Waals surface area (Å²) in [7, 11) is 0. The number of carbonyl (C=O) groups is 1. The van der Waals surface area contributed by atoms with Gasteiger partial charge >= 0.3 is 0 Å². The zero-order valence-corrected chi connectivity index (χ0v) is 12.2. The quantitative estimate of drug-likeness (QED) is 0.874. The smallest absolute Gasteiger partial charge is 0.279 e. The summed E-state index contributed by atoms with van der Waals surface area (Å²) in [5, 5.41) is 3.63. The molecule has 1 fully saturated rings. The molecule has 2 rings (SSSR count). The van der Waals surface area contributed by atoms with Crippen molar-refractivity contribution in [3.63, 3.8) is 0 Å². The van der Waals surface area contributed by atoms with E-state index in [0.29, 0.717) is 11.6 Å². The van der Waals surface area contributed by atoms with E-state index in [1.807, 2.05) is 25.1 Å². The highest BCUT2D eigenvalue weighted by molar-refractivity contribution is 6.31. The normalized spacial score (nSPS) is 16.9. The summed E-state index contributed by atoms with van der Waals surface area (Å²) in [4.78, 5) is 13.4. The van der Waals surface area contributed by atoms with E-state index in [1.165, 1.54) is 30.6 Å². The van der Waals surface area contributed by atoms with Gasteiger partial charge in [-0.15, -0.1) is 0 Å². The number of aryl methyl sites for hydroxylation is 1. The first-order valence-electron chi connectivity index (χ1n) is 7.05. The molecule has 0 unspecified atom stereocenters. The fourth-order valence-corrected chi connectivity index (χ4v) is 2.69. The lowest BCUT2D eigenvalue weighted by molar-refractivity contribution is -0.890. The Bertz CT molecular complexity index is 440. The maximum atomic E-state index is 12.0. The van der Waals surface area contributed by atoms with Crippen LogP contribution in [0.5, 0.6) is 0 Å². The molecule has 2 N–H and O–H groups in total. The highest BCUT2D eigenvalue weighted by Crippen LogP contribution is 2.19. The van der Waals surface area contributed by atoms with Crippen LogP contribution in [0.1, 0.15) is 31.2 Å². The third-order valence-electron chi connectivity index (χ3n) is 3.68. The SMILES string of the molecule is Cc1ccc(NC(=O)C[NH+]2CCCCCC2)cc1Cl. The molecular weight excluding hydrogens is 260 g/mol. The summed E-state index contributed by atoms with van der Waals surface area (Å²) < 4.78 is 0. The topological polar surface area (TPSA) is 33.5 Å². The average Bonchev–Trinajstić information content (AvgIpc) is 2.62. The van der Waals surface area contributed by atoms with Crippen LogP contribution in [0.25, 0.3) is 0 Å². The van der Waals surface area contributed by atoms with Crippen LogP contribution in [-0.4, -0.2) is 25.5 Å². The Morgan fingerprint density at radius 2 is 1.95 bits per heavy atom. The van der Waals surface area contributed by atoms with E-state index in [9.17, 15) is 4.79 Å². The number of carbonyl (C=O) groups excluding carboxylic acids is 1. The van der Waals surface area contributed by atoms with Crippen LogP contribution in [0, 0.1) is 6.92 Å². The average molecular weight is 282 g/mol. The van der Waals surface area contributed by atoms with Crippen molar-refractivity contribution < 1.29 is 9.69 Å². The number of anilines is 1. The second-order valence-corrected chi connectivity index (χ2v) is 5.76. The number of quaternary nitrogens is 1. The number of hydrogen-bond acceptors (Lipinski definition) is 1. The molecule has 1 amide bonds. The monoisotopic (exact) mass is 281 g/mol. The van der Waals surface area contributed by atoms with E-state index < -0.39 is 0 Å². The molecule has 3 nitrogen and oxygen atoms in total. The Kier molecular flexibility index (Phi) is 5.23.